The smallest absolute Gasteiger partial charge is 0.329 e. The minimum atomic E-state index is -1.06. The summed E-state index contributed by atoms with van der Waals surface area (Å²) in [7, 11) is 0. The first-order valence-corrected chi connectivity index (χ1v) is 6.79. The first-order valence-electron chi connectivity index (χ1n) is 6.79. The lowest BCUT2D eigenvalue weighted by Crippen LogP contribution is -2.43. The van der Waals surface area contributed by atoms with Crippen LogP contribution in [0.4, 0.5) is 17.5 Å². The van der Waals surface area contributed by atoms with Gasteiger partial charge in [-0.2, -0.15) is 4.98 Å². The molecular formula is C12H19N5O4. The fraction of sp³-hybridized carbons (Fsp3) is 0.667. The number of hydrogen-bond donors (Lipinski definition) is 3. The Labute approximate surface area is 121 Å². The van der Waals surface area contributed by atoms with Gasteiger partial charge in [-0.05, 0) is 13.8 Å². The highest BCUT2D eigenvalue weighted by molar-refractivity contribution is 5.57. The van der Waals surface area contributed by atoms with Gasteiger partial charge in [-0.1, -0.05) is 0 Å². The number of hydrogen-bond acceptors (Lipinski definition) is 8. The van der Waals surface area contributed by atoms with E-state index in [1.54, 1.807) is 6.92 Å². The summed E-state index contributed by atoms with van der Waals surface area (Å²) in [6, 6.07) is 0. The Kier molecular flexibility index (Phi) is 4.53. The summed E-state index contributed by atoms with van der Waals surface area (Å²) in [5.74, 6) is 0.381. The quantitative estimate of drug-likeness (QED) is 0.519. The number of anilines is 2. The second kappa shape index (κ2) is 6.19. The summed E-state index contributed by atoms with van der Waals surface area (Å²) >= 11 is 0. The largest absolute Gasteiger partial charge is 0.385 e. The average Bonchev–Trinajstić information content (AvgIpc) is 2.77. The van der Waals surface area contributed by atoms with Crippen molar-refractivity contribution >= 4 is 17.5 Å². The minimum absolute atomic E-state index is 0.0819. The first kappa shape index (κ1) is 15.4. The molecular weight excluding hydrogens is 278 g/mol. The maximum Gasteiger partial charge on any atom is 0.329 e. The van der Waals surface area contributed by atoms with E-state index in [9.17, 15) is 15.2 Å². The standard InChI is InChI=1S/C12H19N5O4/c1-3-13-11-14-6-9(17(19)20)10(16-11)15-7-12(18)4-5-21-8(12)2/h6,8,18H,3-5,7H2,1-2H3,(H2,13,14,15,16). The third kappa shape index (κ3) is 3.37. The van der Waals surface area contributed by atoms with E-state index < -0.39 is 10.5 Å². The summed E-state index contributed by atoms with van der Waals surface area (Å²) in [5, 5.41) is 27.1. The van der Waals surface area contributed by atoms with Crippen LogP contribution in [0.5, 0.6) is 0 Å². The van der Waals surface area contributed by atoms with Crippen LogP contribution in [0.15, 0.2) is 6.20 Å². The lowest BCUT2D eigenvalue weighted by molar-refractivity contribution is -0.384. The van der Waals surface area contributed by atoms with Gasteiger partial charge in [-0.15, -0.1) is 0 Å². The molecule has 0 spiro atoms. The molecule has 1 fully saturated rings. The van der Waals surface area contributed by atoms with Gasteiger partial charge in [0, 0.05) is 26.1 Å². The fourth-order valence-electron chi connectivity index (χ4n) is 2.12. The molecule has 0 saturated carbocycles. The van der Waals surface area contributed by atoms with Gasteiger partial charge < -0.3 is 20.5 Å². The number of nitro groups is 1. The summed E-state index contributed by atoms with van der Waals surface area (Å²) in [6.45, 7) is 4.84. The summed E-state index contributed by atoms with van der Waals surface area (Å²) in [5.41, 5.74) is -1.29. The van der Waals surface area contributed by atoms with Crippen LogP contribution in [0.2, 0.25) is 0 Å². The van der Waals surface area contributed by atoms with Crippen molar-refractivity contribution < 1.29 is 14.8 Å². The van der Waals surface area contributed by atoms with Gasteiger partial charge >= 0.3 is 5.69 Å². The molecule has 1 aromatic heterocycles. The van der Waals surface area contributed by atoms with Crippen molar-refractivity contribution in [2.24, 2.45) is 0 Å². The van der Waals surface area contributed by atoms with Gasteiger partial charge in [-0.25, -0.2) is 4.98 Å². The Morgan fingerprint density at radius 1 is 1.62 bits per heavy atom. The SMILES string of the molecule is CCNc1ncc([N+](=O)[O-])c(NCC2(O)CCOC2C)n1. The lowest BCUT2D eigenvalue weighted by atomic mass is 9.97. The van der Waals surface area contributed by atoms with E-state index in [1.807, 2.05) is 6.92 Å². The van der Waals surface area contributed by atoms with E-state index >= 15 is 0 Å². The fourth-order valence-corrected chi connectivity index (χ4v) is 2.12. The van der Waals surface area contributed by atoms with Crippen molar-refractivity contribution in [3.05, 3.63) is 16.3 Å². The lowest BCUT2D eigenvalue weighted by Gasteiger charge is -2.26. The monoisotopic (exact) mass is 297 g/mol. The number of ether oxygens (including phenoxy) is 1. The molecule has 1 aromatic rings. The van der Waals surface area contributed by atoms with E-state index in [4.69, 9.17) is 4.74 Å². The van der Waals surface area contributed by atoms with Gasteiger partial charge in [0.05, 0.1) is 11.0 Å². The Morgan fingerprint density at radius 2 is 2.38 bits per heavy atom. The van der Waals surface area contributed by atoms with Crippen LogP contribution < -0.4 is 10.6 Å². The predicted molar refractivity (Wildman–Crippen MR) is 76.3 cm³/mol. The molecule has 2 rings (SSSR count). The Bertz CT molecular complexity index is 526. The highest BCUT2D eigenvalue weighted by Crippen LogP contribution is 2.28. The molecule has 1 aliphatic rings. The van der Waals surface area contributed by atoms with E-state index in [2.05, 4.69) is 20.6 Å². The van der Waals surface area contributed by atoms with E-state index in [0.717, 1.165) is 6.20 Å². The molecule has 2 atom stereocenters. The number of nitrogens with zero attached hydrogens (tertiary/aromatic N) is 3. The van der Waals surface area contributed by atoms with Gasteiger partial charge in [-0.3, -0.25) is 10.1 Å². The number of nitrogens with one attached hydrogen (secondary N) is 2. The van der Waals surface area contributed by atoms with Crippen LogP contribution in [-0.2, 0) is 4.74 Å². The molecule has 116 valence electrons. The van der Waals surface area contributed by atoms with Crippen molar-refractivity contribution in [2.45, 2.75) is 32.0 Å². The molecule has 0 aromatic carbocycles. The zero-order valence-electron chi connectivity index (χ0n) is 12.0. The molecule has 0 radical (unpaired) electrons. The highest BCUT2D eigenvalue weighted by Gasteiger charge is 2.39. The van der Waals surface area contributed by atoms with Crippen molar-refractivity contribution in [2.75, 3.05) is 30.3 Å². The molecule has 1 saturated heterocycles. The van der Waals surface area contributed by atoms with Crippen LogP contribution >= 0.6 is 0 Å². The summed E-state index contributed by atoms with van der Waals surface area (Å²) in [6.07, 6.45) is 1.28. The van der Waals surface area contributed by atoms with Crippen molar-refractivity contribution in [3.63, 3.8) is 0 Å². The third-order valence-electron chi connectivity index (χ3n) is 3.52. The maximum absolute atomic E-state index is 11.0. The molecule has 2 unspecified atom stereocenters. The molecule has 1 aliphatic heterocycles. The second-order valence-corrected chi connectivity index (χ2v) is 4.94. The Balaban J connectivity index is 2.17. The maximum atomic E-state index is 11.0. The van der Waals surface area contributed by atoms with Crippen molar-refractivity contribution in [1.82, 2.24) is 9.97 Å². The number of aliphatic hydroxyl groups is 1. The summed E-state index contributed by atoms with van der Waals surface area (Å²) in [4.78, 5) is 18.4. The van der Waals surface area contributed by atoms with Gasteiger partial charge in [0.2, 0.25) is 11.8 Å². The van der Waals surface area contributed by atoms with E-state index in [1.165, 1.54) is 0 Å². The third-order valence-corrected chi connectivity index (χ3v) is 3.52. The predicted octanol–water partition coefficient (Wildman–Crippen LogP) is 0.768. The Hall–Kier alpha value is -2.00. The van der Waals surface area contributed by atoms with Crippen LogP contribution in [0.3, 0.4) is 0 Å². The molecule has 9 nitrogen and oxygen atoms in total. The van der Waals surface area contributed by atoms with E-state index in [0.29, 0.717) is 25.5 Å². The first-order chi connectivity index (χ1) is 9.96. The van der Waals surface area contributed by atoms with Crippen LogP contribution in [-0.4, -0.2) is 51.4 Å². The molecule has 0 amide bonds. The van der Waals surface area contributed by atoms with E-state index in [-0.39, 0.29) is 24.2 Å². The van der Waals surface area contributed by atoms with Crippen molar-refractivity contribution in [1.29, 1.82) is 0 Å². The molecule has 0 bridgehead atoms. The van der Waals surface area contributed by atoms with Crippen LogP contribution in [0, 0.1) is 10.1 Å². The topological polar surface area (TPSA) is 122 Å². The van der Waals surface area contributed by atoms with Gasteiger partial charge in [0.25, 0.3) is 0 Å². The Morgan fingerprint density at radius 3 is 2.95 bits per heavy atom. The molecule has 9 heteroatoms. The highest BCUT2D eigenvalue weighted by atomic mass is 16.6. The number of aromatic nitrogens is 2. The van der Waals surface area contributed by atoms with Crippen LogP contribution in [0.1, 0.15) is 20.3 Å². The minimum Gasteiger partial charge on any atom is -0.385 e. The second-order valence-electron chi connectivity index (χ2n) is 4.94. The molecule has 21 heavy (non-hydrogen) atoms. The van der Waals surface area contributed by atoms with Gasteiger partial charge in [0.15, 0.2) is 0 Å². The zero-order chi connectivity index (χ0) is 15.5. The normalized spacial score (nSPS) is 24.8. The molecule has 3 N–H and O–H groups in total. The van der Waals surface area contributed by atoms with Crippen LogP contribution in [0.25, 0.3) is 0 Å². The van der Waals surface area contributed by atoms with Gasteiger partial charge in [0.1, 0.15) is 11.8 Å². The zero-order valence-corrected chi connectivity index (χ0v) is 12.0. The average molecular weight is 297 g/mol. The van der Waals surface area contributed by atoms with Crippen molar-refractivity contribution in [3.8, 4) is 0 Å². The number of rotatable bonds is 6. The summed E-state index contributed by atoms with van der Waals surface area (Å²) < 4.78 is 5.33. The molecule has 0 aliphatic carbocycles. The molecule has 2 heterocycles.